The highest BCUT2D eigenvalue weighted by Crippen LogP contribution is 2.26. The lowest BCUT2D eigenvalue weighted by molar-refractivity contribution is -0.127. The number of aryl methyl sites for hydroxylation is 2. The van der Waals surface area contributed by atoms with E-state index in [1.54, 1.807) is 0 Å². The minimum absolute atomic E-state index is 0.195. The molecule has 88 valence electrons. The summed E-state index contributed by atoms with van der Waals surface area (Å²) in [6.45, 7) is 4.41. The summed E-state index contributed by atoms with van der Waals surface area (Å²) in [5.41, 5.74) is 0.926. The third-order valence-corrected chi connectivity index (χ3v) is 3.13. The quantitative estimate of drug-likeness (QED) is 0.844. The van der Waals surface area contributed by atoms with Crippen molar-refractivity contribution in [2.75, 3.05) is 6.54 Å². The van der Waals surface area contributed by atoms with Crippen LogP contribution < -0.4 is 5.32 Å². The zero-order chi connectivity index (χ0) is 11.5. The number of hydrogen-bond acceptors (Lipinski definition) is 3. The number of rotatable bonds is 4. The van der Waals surface area contributed by atoms with Crippen molar-refractivity contribution < 1.29 is 9.21 Å². The molecule has 1 N–H and O–H groups in total. The summed E-state index contributed by atoms with van der Waals surface area (Å²) in [5, 5.41) is 2.94. The average Bonchev–Trinajstić information content (AvgIpc) is 2.42. The molecule has 1 aromatic rings. The van der Waals surface area contributed by atoms with Crippen molar-refractivity contribution in [2.24, 2.45) is 5.92 Å². The van der Waals surface area contributed by atoms with E-state index in [1.807, 2.05) is 13.8 Å². The molecule has 1 saturated carbocycles. The van der Waals surface area contributed by atoms with Crippen molar-refractivity contribution >= 4 is 5.91 Å². The highest BCUT2D eigenvalue weighted by Gasteiger charge is 2.24. The van der Waals surface area contributed by atoms with Crippen LogP contribution in [0.1, 0.15) is 36.6 Å². The first-order valence-corrected chi connectivity index (χ1v) is 5.87. The molecule has 1 aromatic heterocycles. The molecule has 2 rings (SSSR count). The van der Waals surface area contributed by atoms with Crippen molar-refractivity contribution in [3.8, 4) is 0 Å². The lowest BCUT2D eigenvalue weighted by Gasteiger charge is -2.23. The van der Waals surface area contributed by atoms with Crippen LogP contribution in [0.4, 0.5) is 0 Å². The molecular weight excluding hydrogens is 204 g/mol. The number of aromatic nitrogens is 1. The van der Waals surface area contributed by atoms with E-state index in [0.29, 0.717) is 12.4 Å². The highest BCUT2D eigenvalue weighted by molar-refractivity contribution is 5.79. The first kappa shape index (κ1) is 11.2. The molecule has 0 saturated heterocycles. The maximum atomic E-state index is 11.5. The van der Waals surface area contributed by atoms with Gasteiger partial charge in [0, 0.05) is 25.8 Å². The maximum absolute atomic E-state index is 11.5. The second-order valence-corrected chi connectivity index (χ2v) is 4.41. The van der Waals surface area contributed by atoms with Crippen LogP contribution in [-0.2, 0) is 11.2 Å². The van der Waals surface area contributed by atoms with E-state index in [-0.39, 0.29) is 11.8 Å². The van der Waals surface area contributed by atoms with Gasteiger partial charge < -0.3 is 9.73 Å². The van der Waals surface area contributed by atoms with Gasteiger partial charge >= 0.3 is 0 Å². The molecule has 1 heterocycles. The van der Waals surface area contributed by atoms with Crippen molar-refractivity contribution in [3.63, 3.8) is 0 Å². The Morgan fingerprint density at radius 3 is 2.75 bits per heavy atom. The Morgan fingerprint density at radius 1 is 1.50 bits per heavy atom. The number of carbonyl (C=O) groups excluding carboxylic acids is 1. The van der Waals surface area contributed by atoms with E-state index >= 15 is 0 Å². The van der Waals surface area contributed by atoms with E-state index in [2.05, 4.69) is 10.3 Å². The Morgan fingerprint density at radius 2 is 2.25 bits per heavy atom. The van der Waals surface area contributed by atoms with E-state index in [0.717, 1.165) is 30.7 Å². The minimum Gasteiger partial charge on any atom is -0.446 e. The maximum Gasteiger partial charge on any atom is 0.223 e. The van der Waals surface area contributed by atoms with Gasteiger partial charge in [0.2, 0.25) is 5.91 Å². The Kier molecular flexibility index (Phi) is 3.27. The predicted molar refractivity (Wildman–Crippen MR) is 60.0 cm³/mol. The van der Waals surface area contributed by atoms with Gasteiger partial charge in [-0.15, -0.1) is 0 Å². The van der Waals surface area contributed by atoms with Gasteiger partial charge in [0.05, 0.1) is 5.69 Å². The molecule has 4 heteroatoms. The molecule has 0 unspecified atom stereocenters. The number of nitrogens with one attached hydrogen (secondary N) is 1. The molecule has 16 heavy (non-hydrogen) atoms. The minimum atomic E-state index is 0.195. The van der Waals surface area contributed by atoms with E-state index in [1.165, 1.54) is 6.42 Å². The number of nitrogens with zero attached hydrogens (tertiary/aromatic N) is 1. The lowest BCUT2D eigenvalue weighted by atomic mass is 9.85. The fourth-order valence-electron chi connectivity index (χ4n) is 1.92. The Bertz CT molecular complexity index is 380. The van der Waals surface area contributed by atoms with Crippen LogP contribution in [-0.4, -0.2) is 17.4 Å². The zero-order valence-electron chi connectivity index (χ0n) is 9.88. The van der Waals surface area contributed by atoms with Crippen molar-refractivity contribution in [1.29, 1.82) is 0 Å². The smallest absolute Gasteiger partial charge is 0.223 e. The first-order chi connectivity index (χ1) is 7.66. The lowest BCUT2D eigenvalue weighted by Crippen LogP contribution is -2.35. The molecule has 0 spiro atoms. The number of amides is 1. The normalized spacial score (nSPS) is 15.9. The van der Waals surface area contributed by atoms with Crippen LogP contribution in [0.5, 0.6) is 0 Å². The van der Waals surface area contributed by atoms with Gasteiger partial charge in [0.25, 0.3) is 0 Å². The molecule has 1 fully saturated rings. The third-order valence-electron chi connectivity index (χ3n) is 3.13. The van der Waals surface area contributed by atoms with E-state index in [9.17, 15) is 4.79 Å². The second-order valence-electron chi connectivity index (χ2n) is 4.41. The first-order valence-electron chi connectivity index (χ1n) is 5.87. The molecule has 0 aliphatic heterocycles. The van der Waals surface area contributed by atoms with Gasteiger partial charge in [-0.3, -0.25) is 4.79 Å². The molecular formula is C12H18N2O2. The monoisotopic (exact) mass is 222 g/mol. The number of carbonyl (C=O) groups is 1. The standard InChI is InChI=1S/C12H18N2O2/c1-8-11(16-9(2)14-8)6-7-13-12(15)10-4-3-5-10/h10H,3-7H2,1-2H3,(H,13,15). The summed E-state index contributed by atoms with van der Waals surface area (Å²) >= 11 is 0. The molecule has 0 atom stereocenters. The van der Waals surface area contributed by atoms with E-state index < -0.39 is 0 Å². The second kappa shape index (κ2) is 4.68. The number of oxazole rings is 1. The summed E-state index contributed by atoms with van der Waals surface area (Å²) in [7, 11) is 0. The van der Waals surface area contributed by atoms with Gasteiger partial charge in [-0.2, -0.15) is 0 Å². The van der Waals surface area contributed by atoms with Crippen LogP contribution in [0.2, 0.25) is 0 Å². The zero-order valence-corrected chi connectivity index (χ0v) is 9.88. The molecule has 1 aliphatic carbocycles. The highest BCUT2D eigenvalue weighted by atomic mass is 16.4. The SMILES string of the molecule is Cc1nc(C)c(CCNC(=O)C2CCC2)o1. The van der Waals surface area contributed by atoms with E-state index in [4.69, 9.17) is 4.42 Å². The largest absolute Gasteiger partial charge is 0.446 e. The van der Waals surface area contributed by atoms with Crippen molar-refractivity contribution in [1.82, 2.24) is 10.3 Å². The van der Waals surface area contributed by atoms with Crippen LogP contribution in [0.3, 0.4) is 0 Å². The summed E-state index contributed by atoms with van der Waals surface area (Å²) in [5.74, 6) is 2.03. The van der Waals surface area contributed by atoms with Gasteiger partial charge in [-0.25, -0.2) is 4.98 Å². The predicted octanol–water partition coefficient (Wildman–Crippen LogP) is 1.75. The van der Waals surface area contributed by atoms with Crippen LogP contribution in [0, 0.1) is 19.8 Å². The molecule has 1 aliphatic rings. The molecule has 4 nitrogen and oxygen atoms in total. The van der Waals surface area contributed by atoms with Gasteiger partial charge in [-0.05, 0) is 19.8 Å². The van der Waals surface area contributed by atoms with Crippen LogP contribution >= 0.6 is 0 Å². The summed E-state index contributed by atoms with van der Waals surface area (Å²) in [6.07, 6.45) is 4.02. The van der Waals surface area contributed by atoms with Crippen molar-refractivity contribution in [3.05, 3.63) is 17.3 Å². The Hall–Kier alpha value is -1.32. The van der Waals surface area contributed by atoms with Gasteiger partial charge in [-0.1, -0.05) is 6.42 Å². The van der Waals surface area contributed by atoms with Gasteiger partial charge in [0.15, 0.2) is 5.89 Å². The fourth-order valence-corrected chi connectivity index (χ4v) is 1.92. The molecule has 0 radical (unpaired) electrons. The molecule has 1 amide bonds. The summed E-state index contributed by atoms with van der Waals surface area (Å²) < 4.78 is 5.43. The Labute approximate surface area is 95.4 Å². The topological polar surface area (TPSA) is 55.1 Å². The van der Waals surface area contributed by atoms with Crippen LogP contribution in [0.25, 0.3) is 0 Å². The Balaban J connectivity index is 1.75. The fraction of sp³-hybridized carbons (Fsp3) is 0.667. The van der Waals surface area contributed by atoms with Crippen molar-refractivity contribution in [2.45, 2.75) is 39.5 Å². The molecule has 0 aromatic carbocycles. The summed E-state index contributed by atoms with van der Waals surface area (Å²) in [6, 6.07) is 0. The summed E-state index contributed by atoms with van der Waals surface area (Å²) in [4.78, 5) is 15.7. The average molecular weight is 222 g/mol. The molecule has 0 bridgehead atoms. The number of hydrogen-bond donors (Lipinski definition) is 1. The third kappa shape index (κ3) is 2.43. The van der Waals surface area contributed by atoms with Crippen LogP contribution in [0.15, 0.2) is 4.42 Å². The van der Waals surface area contributed by atoms with Gasteiger partial charge in [0.1, 0.15) is 5.76 Å².